The van der Waals surface area contributed by atoms with Crippen molar-refractivity contribution in [2.45, 2.75) is 27.2 Å². The molecule has 0 saturated carbocycles. The fraction of sp³-hybridized carbons (Fsp3) is 0.364. The first-order valence-corrected chi connectivity index (χ1v) is 9.80. The molecule has 1 aliphatic heterocycles. The minimum Gasteiger partial charge on any atom is -0.358 e. The van der Waals surface area contributed by atoms with Gasteiger partial charge in [0.15, 0.2) is 0 Å². The molecule has 0 fully saturated rings. The van der Waals surface area contributed by atoms with Gasteiger partial charge in [-0.2, -0.15) is 0 Å². The molecule has 0 bridgehead atoms. The average Bonchev–Trinajstić information content (AvgIpc) is 3.14. The molecule has 0 saturated heterocycles. The number of carbonyl (C=O) groups is 2. The number of benzene rings is 1. The number of nitrogens with one attached hydrogen (secondary N) is 3. The Morgan fingerprint density at radius 3 is 2.79 bits per heavy atom. The van der Waals surface area contributed by atoms with Crippen LogP contribution >= 0.6 is 0 Å². The van der Waals surface area contributed by atoms with E-state index in [1.54, 1.807) is 12.1 Å². The van der Waals surface area contributed by atoms with E-state index in [0.29, 0.717) is 34.6 Å². The summed E-state index contributed by atoms with van der Waals surface area (Å²) in [6.45, 7) is 8.26. The summed E-state index contributed by atoms with van der Waals surface area (Å²) in [5, 5.41) is 5.70. The van der Waals surface area contributed by atoms with Crippen LogP contribution in [0.2, 0.25) is 0 Å². The van der Waals surface area contributed by atoms with E-state index < -0.39 is 5.82 Å². The second-order valence-electron chi connectivity index (χ2n) is 7.37. The van der Waals surface area contributed by atoms with Crippen LogP contribution in [0.4, 0.5) is 10.1 Å². The Labute approximate surface area is 170 Å². The maximum atomic E-state index is 13.6. The van der Waals surface area contributed by atoms with E-state index in [1.165, 1.54) is 12.1 Å². The first kappa shape index (κ1) is 20.8. The molecule has 154 valence electrons. The Hall–Kier alpha value is -2.93. The number of H-pyrrole nitrogens is 1. The lowest BCUT2D eigenvalue weighted by molar-refractivity contribution is -0.110. The summed E-state index contributed by atoms with van der Waals surface area (Å²) in [5.74, 6) is -0.829. The van der Waals surface area contributed by atoms with Crippen molar-refractivity contribution >= 4 is 29.2 Å². The van der Waals surface area contributed by atoms with Crippen LogP contribution in [0.3, 0.4) is 0 Å². The van der Waals surface area contributed by atoms with Gasteiger partial charge in [-0.1, -0.05) is 6.92 Å². The predicted octanol–water partition coefficient (Wildman–Crippen LogP) is 3.33. The van der Waals surface area contributed by atoms with E-state index in [1.807, 2.05) is 20.9 Å². The lowest BCUT2D eigenvalue weighted by Gasteiger charge is -2.13. The van der Waals surface area contributed by atoms with Gasteiger partial charge < -0.3 is 20.5 Å². The Bertz CT molecular complexity index is 977. The Morgan fingerprint density at radius 1 is 1.31 bits per heavy atom. The van der Waals surface area contributed by atoms with Crippen molar-refractivity contribution < 1.29 is 14.0 Å². The van der Waals surface area contributed by atoms with Gasteiger partial charge in [0.2, 0.25) is 0 Å². The summed E-state index contributed by atoms with van der Waals surface area (Å²) >= 11 is 0. The summed E-state index contributed by atoms with van der Waals surface area (Å²) in [6.07, 6.45) is 2.55. The number of anilines is 1. The normalized spacial score (nSPS) is 14.4. The molecule has 2 amide bonds. The molecular weight excluding hydrogens is 371 g/mol. The number of nitrogens with zero attached hydrogens (tertiary/aromatic N) is 1. The van der Waals surface area contributed by atoms with E-state index in [2.05, 4.69) is 27.4 Å². The number of hydrogen-bond acceptors (Lipinski definition) is 3. The smallest absolute Gasteiger partial charge is 0.256 e. The monoisotopic (exact) mass is 398 g/mol. The van der Waals surface area contributed by atoms with Crippen LogP contribution in [0, 0.1) is 19.7 Å². The molecule has 3 rings (SSSR count). The molecule has 0 aliphatic carbocycles. The third-order valence-electron chi connectivity index (χ3n) is 5.30. The van der Waals surface area contributed by atoms with Crippen LogP contribution in [0.15, 0.2) is 18.2 Å². The lowest BCUT2D eigenvalue weighted by Crippen LogP contribution is -2.28. The maximum Gasteiger partial charge on any atom is 0.256 e. The topological polar surface area (TPSA) is 77.2 Å². The number of aromatic nitrogens is 1. The van der Waals surface area contributed by atoms with E-state index in [9.17, 15) is 14.0 Å². The average molecular weight is 398 g/mol. The summed E-state index contributed by atoms with van der Waals surface area (Å²) in [6, 6.07) is 4.20. The number of aryl methyl sites for hydroxylation is 1. The molecule has 0 spiro atoms. The first-order chi connectivity index (χ1) is 13.8. The Balaban J connectivity index is 1.80. The highest BCUT2D eigenvalue weighted by Crippen LogP contribution is 2.34. The number of rotatable bonds is 7. The SMILES string of the molecule is CCN(C)CCCNC(=O)c1c(C)[nH]c(/C=C2\C(=O)Nc3ccc(F)cc32)c1C. The van der Waals surface area contributed by atoms with E-state index in [-0.39, 0.29) is 11.8 Å². The highest BCUT2D eigenvalue weighted by atomic mass is 19.1. The van der Waals surface area contributed by atoms with E-state index >= 15 is 0 Å². The molecule has 29 heavy (non-hydrogen) atoms. The van der Waals surface area contributed by atoms with Crippen LogP contribution in [0.25, 0.3) is 11.6 Å². The summed E-state index contributed by atoms with van der Waals surface area (Å²) < 4.78 is 13.6. The highest BCUT2D eigenvalue weighted by molar-refractivity contribution is 6.34. The van der Waals surface area contributed by atoms with Gasteiger partial charge in [-0.15, -0.1) is 0 Å². The second-order valence-corrected chi connectivity index (χ2v) is 7.37. The van der Waals surface area contributed by atoms with Crippen molar-refractivity contribution in [1.29, 1.82) is 0 Å². The number of hydrogen-bond donors (Lipinski definition) is 3. The van der Waals surface area contributed by atoms with Crippen molar-refractivity contribution in [3.8, 4) is 0 Å². The summed E-state index contributed by atoms with van der Waals surface area (Å²) in [5.41, 5.74) is 4.22. The van der Waals surface area contributed by atoms with Crippen molar-refractivity contribution in [3.63, 3.8) is 0 Å². The predicted molar refractivity (Wildman–Crippen MR) is 113 cm³/mol. The van der Waals surface area contributed by atoms with Gasteiger partial charge in [-0.3, -0.25) is 9.59 Å². The van der Waals surface area contributed by atoms with Crippen molar-refractivity contribution in [1.82, 2.24) is 15.2 Å². The maximum absolute atomic E-state index is 13.6. The zero-order valence-corrected chi connectivity index (χ0v) is 17.3. The zero-order chi connectivity index (χ0) is 21.1. The molecule has 1 aromatic carbocycles. The van der Waals surface area contributed by atoms with Gasteiger partial charge in [0, 0.05) is 29.2 Å². The minimum absolute atomic E-state index is 0.137. The van der Waals surface area contributed by atoms with Crippen LogP contribution in [-0.4, -0.2) is 48.4 Å². The van der Waals surface area contributed by atoms with Gasteiger partial charge >= 0.3 is 0 Å². The van der Waals surface area contributed by atoms with Crippen LogP contribution in [0.5, 0.6) is 0 Å². The third-order valence-corrected chi connectivity index (χ3v) is 5.30. The molecular formula is C22H27FN4O2. The van der Waals surface area contributed by atoms with Gasteiger partial charge in [0.1, 0.15) is 5.82 Å². The van der Waals surface area contributed by atoms with Crippen molar-refractivity contribution in [3.05, 3.63) is 52.1 Å². The second kappa shape index (κ2) is 8.61. The summed E-state index contributed by atoms with van der Waals surface area (Å²) in [4.78, 5) is 30.4. The van der Waals surface area contributed by atoms with E-state index in [4.69, 9.17) is 0 Å². The van der Waals surface area contributed by atoms with Crippen LogP contribution in [0.1, 0.15) is 46.2 Å². The molecule has 1 aromatic heterocycles. The first-order valence-electron chi connectivity index (χ1n) is 9.80. The standard InChI is InChI=1S/C22H27FN4O2/c1-5-27(4)10-6-9-24-22(29)20-13(2)19(25-14(20)3)12-17-16-11-15(23)7-8-18(16)26-21(17)28/h7-8,11-12,25H,5-6,9-10H2,1-4H3,(H,24,29)(H,26,28)/b17-12-. The quantitative estimate of drug-likeness (QED) is 0.495. The summed E-state index contributed by atoms with van der Waals surface area (Å²) in [7, 11) is 2.05. The van der Waals surface area contributed by atoms with Gasteiger partial charge in [0.05, 0.1) is 11.1 Å². The molecule has 2 aromatic rings. The molecule has 0 radical (unpaired) electrons. The number of fused-ring (bicyclic) bond motifs is 1. The van der Waals surface area contributed by atoms with E-state index in [0.717, 1.165) is 30.8 Å². The van der Waals surface area contributed by atoms with Crippen LogP contribution < -0.4 is 10.6 Å². The Morgan fingerprint density at radius 2 is 2.07 bits per heavy atom. The third kappa shape index (κ3) is 4.40. The molecule has 0 unspecified atom stereocenters. The fourth-order valence-electron chi connectivity index (χ4n) is 3.50. The van der Waals surface area contributed by atoms with Crippen molar-refractivity contribution in [2.75, 3.05) is 32.0 Å². The molecule has 1 aliphatic rings. The largest absolute Gasteiger partial charge is 0.358 e. The van der Waals surface area contributed by atoms with Crippen molar-refractivity contribution in [2.24, 2.45) is 0 Å². The molecule has 7 heteroatoms. The Kier molecular flexibility index (Phi) is 6.17. The number of aromatic amines is 1. The molecule has 6 nitrogen and oxygen atoms in total. The van der Waals surface area contributed by atoms with Gasteiger partial charge in [-0.25, -0.2) is 4.39 Å². The van der Waals surface area contributed by atoms with Gasteiger partial charge in [-0.05, 0) is 70.2 Å². The number of amides is 2. The zero-order valence-electron chi connectivity index (χ0n) is 17.3. The fourth-order valence-corrected chi connectivity index (χ4v) is 3.50. The molecule has 3 N–H and O–H groups in total. The number of carbonyl (C=O) groups excluding carboxylic acids is 2. The van der Waals surface area contributed by atoms with Crippen LogP contribution in [-0.2, 0) is 4.79 Å². The molecule has 2 heterocycles. The number of halogens is 1. The lowest BCUT2D eigenvalue weighted by atomic mass is 10.0. The highest BCUT2D eigenvalue weighted by Gasteiger charge is 2.26. The minimum atomic E-state index is -0.403. The van der Waals surface area contributed by atoms with Gasteiger partial charge in [0.25, 0.3) is 11.8 Å². The molecule has 0 atom stereocenters.